The van der Waals surface area contributed by atoms with Crippen molar-refractivity contribution < 1.29 is 4.74 Å². The fraction of sp³-hybridized carbons (Fsp3) is 0.444. The van der Waals surface area contributed by atoms with E-state index in [0.29, 0.717) is 18.2 Å². The Morgan fingerprint density at radius 3 is 2.92 bits per heavy atom. The van der Waals surface area contributed by atoms with E-state index in [2.05, 4.69) is 11.9 Å². The van der Waals surface area contributed by atoms with E-state index in [1.807, 2.05) is 13.0 Å². The Labute approximate surface area is 72.6 Å². The first-order chi connectivity index (χ1) is 5.74. The van der Waals surface area contributed by atoms with Crippen LogP contribution in [0.1, 0.15) is 18.9 Å². The van der Waals surface area contributed by atoms with Crippen LogP contribution in [0.2, 0.25) is 0 Å². The second-order valence-corrected chi connectivity index (χ2v) is 2.73. The molecule has 0 aliphatic heterocycles. The number of ether oxygens (including phenoxy) is 1. The number of hydrogen-bond donors (Lipinski definition) is 1. The molecule has 0 aliphatic rings. The number of nitrogens with two attached hydrogens (primary N) is 1. The molecule has 0 aromatic carbocycles. The lowest BCUT2D eigenvalue weighted by Gasteiger charge is -2.04. The quantitative estimate of drug-likeness (QED) is 0.744. The molecule has 0 bridgehead atoms. The first kappa shape index (κ1) is 8.84. The summed E-state index contributed by atoms with van der Waals surface area (Å²) >= 11 is 0. The smallest absolute Gasteiger partial charge is 0.213 e. The van der Waals surface area contributed by atoms with Crippen LogP contribution in [0.25, 0.3) is 0 Å². The molecular formula is C9H14N2O. The largest absolute Gasteiger partial charge is 0.478 e. The highest BCUT2D eigenvalue weighted by Crippen LogP contribution is 2.14. The zero-order valence-electron chi connectivity index (χ0n) is 7.50. The molecule has 0 amide bonds. The van der Waals surface area contributed by atoms with Gasteiger partial charge < -0.3 is 10.5 Å². The number of nitrogens with zero attached hydrogens (tertiary/aromatic N) is 1. The van der Waals surface area contributed by atoms with Crippen LogP contribution in [0.3, 0.4) is 0 Å². The monoisotopic (exact) mass is 166 g/mol. The molecule has 1 rings (SSSR count). The molecule has 66 valence electrons. The van der Waals surface area contributed by atoms with Crippen LogP contribution in [0.15, 0.2) is 12.3 Å². The van der Waals surface area contributed by atoms with Gasteiger partial charge in [0.2, 0.25) is 5.88 Å². The predicted octanol–water partition coefficient (Wildman–Crippen LogP) is 1.76. The number of aryl methyl sites for hydroxylation is 1. The summed E-state index contributed by atoms with van der Waals surface area (Å²) in [5.74, 6) is 0.656. The summed E-state index contributed by atoms with van der Waals surface area (Å²) < 4.78 is 5.32. The van der Waals surface area contributed by atoms with Crippen LogP contribution in [0.5, 0.6) is 5.88 Å². The number of rotatable bonds is 3. The van der Waals surface area contributed by atoms with Gasteiger partial charge in [0.05, 0.1) is 18.5 Å². The summed E-state index contributed by atoms with van der Waals surface area (Å²) in [4.78, 5) is 4.03. The molecule has 12 heavy (non-hydrogen) atoms. The van der Waals surface area contributed by atoms with Crippen LogP contribution in [0, 0.1) is 6.92 Å². The van der Waals surface area contributed by atoms with Crippen LogP contribution >= 0.6 is 0 Å². The number of aromatic nitrogens is 1. The van der Waals surface area contributed by atoms with Gasteiger partial charge >= 0.3 is 0 Å². The lowest BCUT2D eigenvalue weighted by molar-refractivity contribution is 0.305. The van der Waals surface area contributed by atoms with Gasteiger partial charge in [-0.25, -0.2) is 4.98 Å². The molecule has 3 nitrogen and oxygen atoms in total. The third kappa shape index (κ3) is 2.12. The molecule has 0 radical (unpaired) electrons. The van der Waals surface area contributed by atoms with Crippen LogP contribution in [-0.4, -0.2) is 11.6 Å². The summed E-state index contributed by atoms with van der Waals surface area (Å²) in [5.41, 5.74) is 7.32. The molecule has 0 saturated carbocycles. The molecule has 1 aromatic rings. The zero-order chi connectivity index (χ0) is 8.97. The Kier molecular flexibility index (Phi) is 2.91. The fourth-order valence-electron chi connectivity index (χ4n) is 0.826. The minimum Gasteiger partial charge on any atom is -0.478 e. The van der Waals surface area contributed by atoms with Gasteiger partial charge in [0.25, 0.3) is 0 Å². The van der Waals surface area contributed by atoms with Crippen molar-refractivity contribution >= 4 is 5.69 Å². The van der Waals surface area contributed by atoms with Crippen LogP contribution in [-0.2, 0) is 0 Å². The molecule has 0 spiro atoms. The lowest BCUT2D eigenvalue weighted by Crippen LogP contribution is -1.99. The molecule has 3 heteroatoms. The van der Waals surface area contributed by atoms with Crippen molar-refractivity contribution in [3.8, 4) is 5.88 Å². The third-order valence-electron chi connectivity index (χ3n) is 1.58. The van der Waals surface area contributed by atoms with Crippen molar-refractivity contribution in [3.63, 3.8) is 0 Å². The Morgan fingerprint density at radius 1 is 1.58 bits per heavy atom. The van der Waals surface area contributed by atoms with E-state index in [0.717, 1.165) is 12.0 Å². The Bertz CT molecular complexity index is 261. The molecular weight excluding hydrogens is 152 g/mol. The van der Waals surface area contributed by atoms with E-state index in [-0.39, 0.29) is 0 Å². The second kappa shape index (κ2) is 3.95. The number of pyridine rings is 1. The minimum absolute atomic E-state index is 0.656. The molecule has 2 N–H and O–H groups in total. The minimum atomic E-state index is 0.656. The number of nitrogen functional groups attached to an aromatic ring is 1. The topological polar surface area (TPSA) is 48.1 Å². The average molecular weight is 166 g/mol. The van der Waals surface area contributed by atoms with Gasteiger partial charge in [-0.1, -0.05) is 6.92 Å². The highest BCUT2D eigenvalue weighted by Gasteiger charge is 1.97. The zero-order valence-corrected chi connectivity index (χ0v) is 7.50. The van der Waals surface area contributed by atoms with Crippen molar-refractivity contribution in [2.45, 2.75) is 20.3 Å². The van der Waals surface area contributed by atoms with Gasteiger partial charge in [-0.15, -0.1) is 0 Å². The van der Waals surface area contributed by atoms with Crippen LogP contribution in [0.4, 0.5) is 5.69 Å². The fourth-order valence-corrected chi connectivity index (χ4v) is 0.826. The van der Waals surface area contributed by atoms with E-state index in [9.17, 15) is 0 Å². The molecule has 1 aromatic heterocycles. The van der Waals surface area contributed by atoms with Gasteiger partial charge in [-0.3, -0.25) is 0 Å². The van der Waals surface area contributed by atoms with E-state index in [4.69, 9.17) is 10.5 Å². The molecule has 0 atom stereocenters. The van der Waals surface area contributed by atoms with E-state index in [1.165, 1.54) is 0 Å². The van der Waals surface area contributed by atoms with Crippen molar-refractivity contribution in [1.82, 2.24) is 4.98 Å². The van der Waals surface area contributed by atoms with Crippen molar-refractivity contribution in [3.05, 3.63) is 17.8 Å². The molecule has 0 saturated heterocycles. The summed E-state index contributed by atoms with van der Waals surface area (Å²) in [6.07, 6.45) is 2.62. The predicted molar refractivity (Wildman–Crippen MR) is 49.2 cm³/mol. The average Bonchev–Trinajstić information content (AvgIpc) is 2.07. The van der Waals surface area contributed by atoms with E-state index < -0.39 is 0 Å². The number of anilines is 1. The number of hydrogen-bond acceptors (Lipinski definition) is 3. The van der Waals surface area contributed by atoms with Gasteiger partial charge in [0.1, 0.15) is 0 Å². The summed E-state index contributed by atoms with van der Waals surface area (Å²) in [7, 11) is 0. The lowest BCUT2D eigenvalue weighted by atomic mass is 10.2. The van der Waals surface area contributed by atoms with Gasteiger partial charge in [0.15, 0.2) is 0 Å². The Hall–Kier alpha value is -1.25. The summed E-state index contributed by atoms with van der Waals surface area (Å²) in [6.45, 7) is 4.70. The van der Waals surface area contributed by atoms with E-state index >= 15 is 0 Å². The molecule has 0 aliphatic carbocycles. The highest BCUT2D eigenvalue weighted by molar-refractivity contribution is 5.45. The molecule has 0 unspecified atom stereocenters. The highest BCUT2D eigenvalue weighted by atomic mass is 16.5. The normalized spacial score (nSPS) is 9.83. The first-order valence-corrected chi connectivity index (χ1v) is 4.09. The first-order valence-electron chi connectivity index (χ1n) is 4.09. The maximum absolute atomic E-state index is 5.60. The van der Waals surface area contributed by atoms with Crippen molar-refractivity contribution in [2.24, 2.45) is 0 Å². The third-order valence-corrected chi connectivity index (χ3v) is 1.58. The summed E-state index contributed by atoms with van der Waals surface area (Å²) in [6, 6.07) is 1.85. The molecule has 0 fully saturated rings. The van der Waals surface area contributed by atoms with Gasteiger partial charge in [0, 0.05) is 6.07 Å². The van der Waals surface area contributed by atoms with Gasteiger partial charge in [-0.2, -0.15) is 0 Å². The van der Waals surface area contributed by atoms with Gasteiger partial charge in [-0.05, 0) is 18.9 Å². The molecule has 1 heterocycles. The Morgan fingerprint density at radius 2 is 2.33 bits per heavy atom. The van der Waals surface area contributed by atoms with E-state index in [1.54, 1.807) is 6.20 Å². The maximum atomic E-state index is 5.60. The standard InChI is InChI=1S/C9H14N2O/c1-3-4-12-9-5-7(2)8(10)6-11-9/h5-6H,3-4,10H2,1-2H3. The maximum Gasteiger partial charge on any atom is 0.213 e. The van der Waals surface area contributed by atoms with Crippen LogP contribution < -0.4 is 10.5 Å². The summed E-state index contributed by atoms with van der Waals surface area (Å²) in [5, 5.41) is 0. The second-order valence-electron chi connectivity index (χ2n) is 2.73. The van der Waals surface area contributed by atoms with Crippen molar-refractivity contribution in [1.29, 1.82) is 0 Å². The SMILES string of the molecule is CCCOc1cc(C)c(N)cn1. The van der Waals surface area contributed by atoms with Crippen molar-refractivity contribution in [2.75, 3.05) is 12.3 Å². The Balaban J connectivity index is 2.69.